The molecule has 1 saturated carbocycles. The van der Waals surface area contributed by atoms with Gasteiger partial charge in [-0.3, -0.25) is 0 Å². The van der Waals surface area contributed by atoms with E-state index in [2.05, 4.69) is 45.0 Å². The van der Waals surface area contributed by atoms with Crippen molar-refractivity contribution in [1.82, 2.24) is 0 Å². The maximum absolute atomic E-state index is 6.44. The summed E-state index contributed by atoms with van der Waals surface area (Å²) >= 11 is 0. The molecule has 2 N–H and O–H groups in total. The smallest absolute Gasteiger partial charge is 0.0108 e. The fraction of sp³-hybridized carbons (Fsp3) is 0.667. The van der Waals surface area contributed by atoms with Gasteiger partial charge in [-0.2, -0.15) is 0 Å². The molecule has 2 rings (SSSR count). The van der Waals surface area contributed by atoms with Gasteiger partial charge in [0, 0.05) is 6.04 Å². The first-order valence-corrected chi connectivity index (χ1v) is 7.83. The third kappa shape index (κ3) is 4.07. The van der Waals surface area contributed by atoms with E-state index in [4.69, 9.17) is 5.73 Å². The molecule has 1 atom stereocenters. The van der Waals surface area contributed by atoms with Crippen molar-refractivity contribution >= 4 is 0 Å². The molecule has 0 spiro atoms. The quantitative estimate of drug-likeness (QED) is 0.855. The minimum atomic E-state index is 0.337. The van der Waals surface area contributed by atoms with Crippen LogP contribution in [0.15, 0.2) is 24.3 Å². The van der Waals surface area contributed by atoms with Gasteiger partial charge in [-0.15, -0.1) is 0 Å². The van der Waals surface area contributed by atoms with Gasteiger partial charge < -0.3 is 5.73 Å². The summed E-state index contributed by atoms with van der Waals surface area (Å²) in [6.45, 7) is 6.97. The van der Waals surface area contributed by atoms with Crippen LogP contribution in [-0.2, 0) is 12.8 Å². The predicted molar refractivity (Wildman–Crippen MR) is 83.2 cm³/mol. The summed E-state index contributed by atoms with van der Waals surface area (Å²) in [4.78, 5) is 0. The normalized spacial score (nSPS) is 21.3. The lowest BCUT2D eigenvalue weighted by molar-refractivity contribution is 0.173. The zero-order valence-corrected chi connectivity index (χ0v) is 12.8. The van der Waals surface area contributed by atoms with Gasteiger partial charge in [-0.1, -0.05) is 45.0 Å². The highest BCUT2D eigenvalue weighted by atomic mass is 14.7. The molecule has 19 heavy (non-hydrogen) atoms. The van der Waals surface area contributed by atoms with Gasteiger partial charge in [-0.05, 0) is 61.0 Å². The van der Waals surface area contributed by atoms with E-state index in [-0.39, 0.29) is 0 Å². The van der Waals surface area contributed by atoms with E-state index < -0.39 is 0 Å². The Morgan fingerprint density at radius 3 is 2.16 bits per heavy atom. The van der Waals surface area contributed by atoms with E-state index in [0.717, 1.165) is 18.8 Å². The molecule has 1 nitrogen and oxygen atoms in total. The Hall–Kier alpha value is -0.820. The average Bonchev–Trinajstić information content (AvgIpc) is 2.39. The van der Waals surface area contributed by atoms with Gasteiger partial charge in [0.05, 0.1) is 0 Å². The standard InChI is InChI=1S/C18H29N/c1-4-14-5-7-15(8-6-14)13-17(19)16-9-11-18(2,3)12-10-16/h5-8,16-17H,4,9-13,19H2,1-3H3. The molecule has 1 fully saturated rings. The van der Waals surface area contributed by atoms with Crippen molar-refractivity contribution in [3.63, 3.8) is 0 Å². The van der Waals surface area contributed by atoms with Gasteiger partial charge in [-0.25, -0.2) is 0 Å². The maximum Gasteiger partial charge on any atom is 0.0108 e. The highest BCUT2D eigenvalue weighted by Gasteiger charge is 2.29. The zero-order chi connectivity index (χ0) is 13.9. The molecule has 1 heteroatoms. The molecule has 1 aliphatic rings. The Bertz CT molecular complexity index is 381. The number of nitrogens with two attached hydrogens (primary N) is 1. The summed E-state index contributed by atoms with van der Waals surface area (Å²) in [6, 6.07) is 9.33. The van der Waals surface area contributed by atoms with Crippen LogP contribution in [0.4, 0.5) is 0 Å². The van der Waals surface area contributed by atoms with Crippen molar-refractivity contribution in [3.05, 3.63) is 35.4 Å². The average molecular weight is 259 g/mol. The summed E-state index contributed by atoms with van der Waals surface area (Å²) < 4.78 is 0. The summed E-state index contributed by atoms with van der Waals surface area (Å²) in [5.74, 6) is 0.721. The van der Waals surface area contributed by atoms with Crippen LogP contribution in [0, 0.1) is 11.3 Å². The van der Waals surface area contributed by atoms with Crippen molar-refractivity contribution in [2.75, 3.05) is 0 Å². The molecule has 0 heterocycles. The summed E-state index contributed by atoms with van der Waals surface area (Å²) in [7, 11) is 0. The predicted octanol–water partition coefficient (Wildman–Crippen LogP) is 4.34. The van der Waals surface area contributed by atoms with Gasteiger partial charge in [0.15, 0.2) is 0 Å². The molecule has 0 aliphatic heterocycles. The number of hydrogen-bond donors (Lipinski definition) is 1. The molecule has 106 valence electrons. The van der Waals surface area contributed by atoms with Crippen LogP contribution in [0.3, 0.4) is 0 Å². The Labute approximate surface area is 118 Å². The molecule has 0 saturated heterocycles. The van der Waals surface area contributed by atoms with E-state index in [1.165, 1.54) is 36.8 Å². The van der Waals surface area contributed by atoms with Crippen molar-refractivity contribution in [1.29, 1.82) is 0 Å². The van der Waals surface area contributed by atoms with Crippen molar-refractivity contribution in [2.45, 2.75) is 65.3 Å². The van der Waals surface area contributed by atoms with E-state index in [0.29, 0.717) is 11.5 Å². The maximum atomic E-state index is 6.44. The zero-order valence-electron chi connectivity index (χ0n) is 12.8. The summed E-state index contributed by atoms with van der Waals surface area (Å²) in [6.07, 6.45) is 7.43. The SMILES string of the molecule is CCc1ccc(CC(N)C2CCC(C)(C)CC2)cc1. The molecule has 0 radical (unpaired) electrons. The van der Waals surface area contributed by atoms with Crippen LogP contribution >= 0.6 is 0 Å². The van der Waals surface area contributed by atoms with Gasteiger partial charge >= 0.3 is 0 Å². The molecular formula is C18H29N. The minimum absolute atomic E-state index is 0.337. The largest absolute Gasteiger partial charge is 0.327 e. The Balaban J connectivity index is 1.88. The molecule has 1 aromatic rings. The first kappa shape index (κ1) is 14.6. The van der Waals surface area contributed by atoms with Gasteiger partial charge in [0.2, 0.25) is 0 Å². The lowest BCUT2D eigenvalue weighted by Crippen LogP contribution is -2.36. The molecule has 0 aromatic heterocycles. The number of rotatable bonds is 4. The van der Waals surface area contributed by atoms with Crippen molar-refractivity contribution in [3.8, 4) is 0 Å². The number of hydrogen-bond acceptors (Lipinski definition) is 1. The second kappa shape index (κ2) is 6.09. The first-order chi connectivity index (χ1) is 9.00. The van der Waals surface area contributed by atoms with Crippen LogP contribution in [-0.4, -0.2) is 6.04 Å². The van der Waals surface area contributed by atoms with Gasteiger partial charge in [0.1, 0.15) is 0 Å². The third-order valence-electron chi connectivity index (χ3n) is 4.89. The third-order valence-corrected chi connectivity index (χ3v) is 4.89. The molecule has 0 amide bonds. The van der Waals surface area contributed by atoms with E-state index in [1.807, 2.05) is 0 Å². The minimum Gasteiger partial charge on any atom is -0.327 e. The topological polar surface area (TPSA) is 26.0 Å². The molecular weight excluding hydrogens is 230 g/mol. The lowest BCUT2D eigenvalue weighted by Gasteiger charge is -2.36. The van der Waals surface area contributed by atoms with Crippen molar-refractivity contribution < 1.29 is 0 Å². The van der Waals surface area contributed by atoms with Crippen LogP contribution in [0.25, 0.3) is 0 Å². The summed E-state index contributed by atoms with van der Waals surface area (Å²) in [5, 5.41) is 0. The number of benzene rings is 1. The van der Waals surface area contributed by atoms with Crippen LogP contribution in [0.2, 0.25) is 0 Å². The molecule has 1 unspecified atom stereocenters. The molecule has 1 aliphatic carbocycles. The van der Waals surface area contributed by atoms with E-state index in [1.54, 1.807) is 0 Å². The molecule has 0 bridgehead atoms. The first-order valence-electron chi connectivity index (χ1n) is 7.83. The van der Waals surface area contributed by atoms with Crippen LogP contribution in [0.1, 0.15) is 57.6 Å². The Morgan fingerprint density at radius 2 is 1.63 bits per heavy atom. The van der Waals surface area contributed by atoms with E-state index in [9.17, 15) is 0 Å². The lowest BCUT2D eigenvalue weighted by atomic mass is 9.70. The molecule has 1 aromatic carbocycles. The van der Waals surface area contributed by atoms with Crippen molar-refractivity contribution in [2.24, 2.45) is 17.1 Å². The summed E-state index contributed by atoms with van der Waals surface area (Å²) in [5.41, 5.74) is 9.79. The second-order valence-electron chi connectivity index (χ2n) is 7.04. The second-order valence-corrected chi connectivity index (χ2v) is 7.04. The monoisotopic (exact) mass is 259 g/mol. The van der Waals surface area contributed by atoms with E-state index >= 15 is 0 Å². The van der Waals surface area contributed by atoms with Crippen LogP contribution < -0.4 is 5.73 Å². The van der Waals surface area contributed by atoms with Crippen LogP contribution in [0.5, 0.6) is 0 Å². The Kier molecular flexibility index (Phi) is 4.67. The van der Waals surface area contributed by atoms with Gasteiger partial charge in [0.25, 0.3) is 0 Å². The highest BCUT2D eigenvalue weighted by Crippen LogP contribution is 2.39. The number of aryl methyl sites for hydroxylation is 1. The fourth-order valence-electron chi connectivity index (χ4n) is 3.20. The fourth-order valence-corrected chi connectivity index (χ4v) is 3.20. The highest BCUT2D eigenvalue weighted by molar-refractivity contribution is 5.23. The Morgan fingerprint density at radius 1 is 1.11 bits per heavy atom.